The molecule has 0 atom stereocenters. The Morgan fingerprint density at radius 3 is 0.900 bits per heavy atom. The number of hydrogen-bond donors (Lipinski definition) is 0. The van der Waals surface area contributed by atoms with E-state index in [1.807, 2.05) is 0 Å². The van der Waals surface area contributed by atoms with Gasteiger partial charge in [-0.15, -0.1) is 0 Å². The van der Waals surface area contributed by atoms with Gasteiger partial charge in [-0.1, -0.05) is 221 Å². The third kappa shape index (κ3) is 22.6. The van der Waals surface area contributed by atoms with E-state index in [4.69, 9.17) is 0 Å². The second kappa shape index (κ2) is 30.7. The van der Waals surface area contributed by atoms with Gasteiger partial charge in [-0.3, -0.25) is 0 Å². The minimum atomic E-state index is 0. The Hall–Kier alpha value is -3.12. The van der Waals surface area contributed by atoms with E-state index in [0.717, 1.165) is 6.42 Å². The van der Waals surface area contributed by atoms with Crippen molar-refractivity contribution in [3.05, 3.63) is 142 Å². The van der Waals surface area contributed by atoms with E-state index in [9.17, 15) is 0 Å². The van der Waals surface area contributed by atoms with Crippen LogP contribution in [0.2, 0.25) is 0 Å². The van der Waals surface area contributed by atoms with Crippen molar-refractivity contribution in [1.82, 2.24) is 0 Å². The molecule has 0 aliphatic carbocycles. The molecular weight excluding hydrogens is 601 g/mol. The van der Waals surface area contributed by atoms with Crippen molar-refractivity contribution in [2.45, 2.75) is 175 Å². The van der Waals surface area contributed by atoms with Crippen molar-refractivity contribution in [1.29, 1.82) is 0 Å². The molecule has 4 aromatic carbocycles. The molecule has 0 unspecified atom stereocenters. The molecule has 0 spiro atoms. The first-order valence-corrected chi connectivity index (χ1v) is 18.2. The van der Waals surface area contributed by atoms with Crippen molar-refractivity contribution < 1.29 is 0 Å². The molecule has 0 heteroatoms. The van der Waals surface area contributed by atoms with Gasteiger partial charge < -0.3 is 0 Å². The maximum absolute atomic E-state index is 2.27. The molecule has 4 rings (SSSR count). The highest BCUT2D eigenvalue weighted by molar-refractivity contribution is 5.26. The lowest BCUT2D eigenvalue weighted by atomic mass is 10.00. The third-order valence-electron chi connectivity index (χ3n) is 8.45. The Bertz CT molecular complexity index is 1270. The van der Waals surface area contributed by atoms with Crippen LogP contribution in [0.4, 0.5) is 0 Å². The van der Waals surface area contributed by atoms with Crippen LogP contribution >= 0.6 is 0 Å². The van der Waals surface area contributed by atoms with Gasteiger partial charge in [0.05, 0.1) is 0 Å². The largest absolute Gasteiger partial charge is 0.0776 e. The zero-order valence-corrected chi connectivity index (χ0v) is 31.8. The lowest BCUT2D eigenvalue weighted by Crippen LogP contribution is -1.89. The van der Waals surface area contributed by atoms with E-state index in [0.29, 0.717) is 23.7 Å². The van der Waals surface area contributed by atoms with Crippen LogP contribution in [-0.4, -0.2) is 0 Å². The van der Waals surface area contributed by atoms with Crippen LogP contribution in [0.15, 0.2) is 97.1 Å². The van der Waals surface area contributed by atoms with Gasteiger partial charge in [-0.05, 0) is 95.2 Å². The molecule has 0 heterocycles. The number of aryl methyl sites for hydroxylation is 4. The number of hydrogen-bond acceptors (Lipinski definition) is 0. The van der Waals surface area contributed by atoms with Crippen LogP contribution in [0.25, 0.3) is 0 Å². The third-order valence-corrected chi connectivity index (χ3v) is 8.45. The van der Waals surface area contributed by atoms with Gasteiger partial charge in [-0.2, -0.15) is 0 Å². The molecule has 0 aliphatic rings. The van der Waals surface area contributed by atoms with Crippen molar-refractivity contribution >= 4 is 0 Å². The topological polar surface area (TPSA) is 0 Å². The van der Waals surface area contributed by atoms with Gasteiger partial charge in [0.25, 0.3) is 0 Å². The van der Waals surface area contributed by atoms with Gasteiger partial charge >= 0.3 is 0 Å². The van der Waals surface area contributed by atoms with Crippen LogP contribution < -0.4 is 0 Å². The number of benzene rings is 4. The van der Waals surface area contributed by atoms with E-state index < -0.39 is 0 Å². The summed E-state index contributed by atoms with van der Waals surface area (Å²) in [5, 5.41) is 0. The molecule has 0 radical (unpaired) electrons. The summed E-state index contributed by atoms with van der Waals surface area (Å²) in [4.78, 5) is 0. The fraction of sp³-hybridized carbons (Fsp3) is 0.520. The molecule has 0 bridgehead atoms. The first kappa shape index (κ1) is 53.7. The smallest absolute Gasteiger partial charge is 0.0219 e. The molecule has 0 saturated heterocycles. The normalized spacial score (nSPS) is 9.76. The van der Waals surface area contributed by atoms with Crippen molar-refractivity contribution in [2.24, 2.45) is 0 Å². The summed E-state index contributed by atoms with van der Waals surface area (Å²) in [5.41, 5.74) is 11.4. The predicted molar refractivity (Wildman–Crippen MR) is 236 cm³/mol. The van der Waals surface area contributed by atoms with Gasteiger partial charge in [0.2, 0.25) is 0 Å². The quantitative estimate of drug-likeness (QED) is 0.156. The molecule has 0 aliphatic heterocycles. The van der Waals surface area contributed by atoms with Crippen LogP contribution in [0, 0.1) is 6.92 Å². The molecule has 0 N–H and O–H groups in total. The van der Waals surface area contributed by atoms with Gasteiger partial charge in [-0.25, -0.2) is 0 Å². The average molecular weight is 685 g/mol. The zero-order valence-electron chi connectivity index (χ0n) is 31.8. The van der Waals surface area contributed by atoms with E-state index in [1.54, 1.807) is 0 Å². The van der Waals surface area contributed by atoms with Crippen LogP contribution in [0.3, 0.4) is 0 Å². The summed E-state index contributed by atoms with van der Waals surface area (Å²) < 4.78 is 0. The SMILES string of the molecule is C.C.C.C.CCCCc1ccc(C(C)C)cc1.CCCc1ccc(C(C)C)cc1.CCc1ccc(C(C)C)cc1.Cc1ccc(C(C)C)cc1. The predicted octanol–water partition coefficient (Wildman–Crippen LogP) is 17.0. The summed E-state index contributed by atoms with van der Waals surface area (Å²) in [6, 6.07) is 35.6. The highest BCUT2D eigenvalue weighted by Crippen LogP contribution is 2.17. The van der Waals surface area contributed by atoms with E-state index in [-0.39, 0.29) is 29.7 Å². The Balaban J connectivity index is -0.000000276. The summed E-state index contributed by atoms with van der Waals surface area (Å²) >= 11 is 0. The van der Waals surface area contributed by atoms with Crippen molar-refractivity contribution in [2.75, 3.05) is 0 Å². The maximum Gasteiger partial charge on any atom is -0.0219 e. The standard InChI is InChI=1S/C13H20.C12H18.C11H16.C10H14.4CH4/c1-4-5-6-12-7-9-13(10-8-12)11(2)3;1-4-5-11-6-8-12(9-7-11)10(2)3;1-4-10-5-7-11(8-6-10)9(2)3;1-8(2)10-6-4-9(3)5-7-10;;;;/h7-11H,4-6H2,1-3H3;6-10H,4-5H2,1-3H3;5-9H,4H2,1-3H3;4-8H,1-3H3;4*1H4. The lowest BCUT2D eigenvalue weighted by Gasteiger charge is -2.06. The Morgan fingerprint density at radius 1 is 0.360 bits per heavy atom. The van der Waals surface area contributed by atoms with Crippen molar-refractivity contribution in [3.63, 3.8) is 0 Å². The van der Waals surface area contributed by atoms with Crippen LogP contribution in [0.5, 0.6) is 0 Å². The zero-order chi connectivity index (χ0) is 34.5. The molecule has 284 valence electrons. The molecule has 0 aromatic heterocycles. The molecular formula is C50H84. The number of unbranched alkanes of at least 4 members (excludes halogenated alkanes) is 1. The molecule has 50 heavy (non-hydrogen) atoms. The van der Waals surface area contributed by atoms with Gasteiger partial charge in [0.15, 0.2) is 0 Å². The van der Waals surface area contributed by atoms with Gasteiger partial charge in [0.1, 0.15) is 0 Å². The van der Waals surface area contributed by atoms with Crippen molar-refractivity contribution in [3.8, 4) is 0 Å². The highest BCUT2D eigenvalue weighted by Gasteiger charge is 2.00. The Morgan fingerprint density at radius 2 is 0.640 bits per heavy atom. The second-order valence-corrected chi connectivity index (χ2v) is 14.0. The first-order valence-electron chi connectivity index (χ1n) is 18.2. The average Bonchev–Trinajstić information content (AvgIpc) is 3.05. The Kier molecular flexibility index (Phi) is 32.9. The Labute approximate surface area is 315 Å². The van der Waals surface area contributed by atoms with Crippen LogP contribution in [-0.2, 0) is 19.3 Å². The van der Waals surface area contributed by atoms with Gasteiger partial charge in [0, 0.05) is 0 Å². The maximum atomic E-state index is 2.27. The molecule has 0 amide bonds. The number of rotatable bonds is 10. The molecule has 4 aromatic rings. The highest BCUT2D eigenvalue weighted by atomic mass is 14.1. The monoisotopic (exact) mass is 685 g/mol. The summed E-state index contributed by atoms with van der Waals surface area (Å²) in [6.07, 6.45) is 7.40. The minimum absolute atomic E-state index is 0. The van der Waals surface area contributed by atoms with Crippen LogP contribution in [0.1, 0.15) is 193 Å². The first-order chi connectivity index (χ1) is 21.9. The summed E-state index contributed by atoms with van der Waals surface area (Å²) in [7, 11) is 0. The fourth-order valence-corrected chi connectivity index (χ4v) is 4.90. The minimum Gasteiger partial charge on any atom is -0.0776 e. The molecule has 0 fully saturated rings. The lowest BCUT2D eigenvalue weighted by molar-refractivity contribution is 0.793. The summed E-state index contributed by atoms with van der Waals surface area (Å²) in [5.74, 6) is 2.61. The molecule has 0 nitrogen and oxygen atoms in total. The second-order valence-electron chi connectivity index (χ2n) is 14.0. The fourth-order valence-electron chi connectivity index (χ4n) is 4.90. The summed E-state index contributed by atoms with van der Waals surface area (Å²) in [6.45, 7) is 26.6. The van der Waals surface area contributed by atoms with E-state index in [1.165, 1.54) is 76.6 Å². The van der Waals surface area contributed by atoms with E-state index in [2.05, 4.69) is 180 Å². The van der Waals surface area contributed by atoms with E-state index >= 15 is 0 Å². The molecule has 0 saturated carbocycles.